The highest BCUT2D eigenvalue weighted by Gasteiger charge is 2.62. The third kappa shape index (κ3) is 5.37. The highest BCUT2D eigenvalue weighted by atomic mass is 32.2. The van der Waals surface area contributed by atoms with E-state index in [2.05, 4.69) is 41.4 Å². The van der Waals surface area contributed by atoms with Crippen molar-refractivity contribution in [3.63, 3.8) is 0 Å². The third-order valence-electron chi connectivity index (χ3n) is 8.93. The fraction of sp³-hybridized carbons (Fsp3) is 0.714. The predicted molar refractivity (Wildman–Crippen MR) is 149 cm³/mol. The molecular formula is C28H44N5O4S+. The summed E-state index contributed by atoms with van der Waals surface area (Å²) in [5.41, 5.74) is 0.977. The zero-order valence-corrected chi connectivity index (χ0v) is 23.9. The van der Waals surface area contributed by atoms with E-state index >= 15 is 0 Å². The molecule has 3 heterocycles. The summed E-state index contributed by atoms with van der Waals surface area (Å²) in [5.74, 6) is 2.16. The smallest absolute Gasteiger partial charge is 0.437 e. The van der Waals surface area contributed by atoms with E-state index in [1.165, 1.54) is 0 Å². The van der Waals surface area contributed by atoms with Gasteiger partial charge in [-0.2, -0.15) is 4.59 Å². The van der Waals surface area contributed by atoms with Gasteiger partial charge < -0.3 is 19.7 Å². The van der Waals surface area contributed by atoms with Crippen LogP contribution in [0.3, 0.4) is 0 Å². The first kappa shape index (κ1) is 27.6. The summed E-state index contributed by atoms with van der Waals surface area (Å²) < 4.78 is 11.3. The topological polar surface area (TPSA) is 83.1 Å². The largest absolute Gasteiger partial charge is 0.454 e. The number of ether oxygens (including phenoxy) is 2. The van der Waals surface area contributed by atoms with E-state index in [0.717, 1.165) is 81.8 Å². The van der Waals surface area contributed by atoms with E-state index in [1.54, 1.807) is 11.8 Å². The van der Waals surface area contributed by atoms with Gasteiger partial charge in [0.2, 0.25) is 12.7 Å². The molecule has 38 heavy (non-hydrogen) atoms. The molecular weight excluding hydrogens is 502 g/mol. The zero-order chi connectivity index (χ0) is 26.7. The first-order valence-electron chi connectivity index (χ1n) is 14.3. The van der Waals surface area contributed by atoms with E-state index < -0.39 is 0 Å². The van der Waals surface area contributed by atoms with Crippen LogP contribution in [0.15, 0.2) is 18.2 Å². The number of rotatable bonds is 10. The number of hydrogen-bond acceptors (Lipinski definition) is 7. The zero-order valence-electron chi connectivity index (χ0n) is 23.1. The number of likely N-dealkylation sites (N-methyl/N-ethyl adjacent to an activating group) is 1. The Morgan fingerprint density at radius 3 is 2.79 bits per heavy atom. The molecule has 5 unspecified atom stereocenters. The molecule has 1 aliphatic carbocycles. The fourth-order valence-corrected chi connectivity index (χ4v) is 8.08. The van der Waals surface area contributed by atoms with Crippen molar-refractivity contribution in [3.8, 4) is 11.5 Å². The molecule has 1 saturated carbocycles. The van der Waals surface area contributed by atoms with E-state index in [-0.39, 0.29) is 36.2 Å². The lowest BCUT2D eigenvalue weighted by Crippen LogP contribution is -2.80. The minimum atomic E-state index is -0.0246. The number of thioether (sulfide) groups is 1. The van der Waals surface area contributed by atoms with Gasteiger partial charge in [0.25, 0.3) is 0 Å². The van der Waals surface area contributed by atoms with Gasteiger partial charge in [-0.25, -0.2) is 4.79 Å². The molecule has 4 aliphatic rings. The van der Waals surface area contributed by atoms with Crippen molar-refractivity contribution in [2.24, 2.45) is 5.92 Å². The lowest BCUT2D eigenvalue weighted by atomic mass is 9.94. The minimum Gasteiger partial charge on any atom is -0.454 e. The van der Waals surface area contributed by atoms with Crippen LogP contribution < -0.4 is 20.1 Å². The molecule has 3 aliphatic heterocycles. The first-order chi connectivity index (χ1) is 18.4. The standard InChI is InChI=1S/C28H43N5O4S/c1-4-5-7-20(2)33(32-14-12-31(3)13-15-32)23-9-6-8-22(23)27(30-28(33)35)38-18-26(34)29-17-21-10-11-24-25(16-21)37-19-36-24/h10-11,16,20,22-23,27H,4-9,12-15,17-19H2,1-3H3,(H-,29,30,34,35)/p+1. The molecule has 0 radical (unpaired) electrons. The monoisotopic (exact) mass is 546 g/mol. The van der Waals surface area contributed by atoms with Gasteiger partial charge in [-0.05, 0) is 50.9 Å². The highest BCUT2D eigenvalue weighted by Crippen LogP contribution is 2.46. The van der Waals surface area contributed by atoms with Gasteiger partial charge in [-0.1, -0.05) is 19.4 Å². The van der Waals surface area contributed by atoms with Gasteiger partial charge in [0.05, 0.1) is 24.2 Å². The van der Waals surface area contributed by atoms with E-state index in [1.807, 2.05) is 18.2 Å². The quantitative estimate of drug-likeness (QED) is 0.435. The number of carbonyl (C=O) groups excluding carboxylic acids is 2. The van der Waals surface area contributed by atoms with E-state index in [0.29, 0.717) is 22.8 Å². The van der Waals surface area contributed by atoms with Crippen LogP contribution >= 0.6 is 11.8 Å². The summed E-state index contributed by atoms with van der Waals surface area (Å²) in [6.45, 7) is 9.03. The van der Waals surface area contributed by atoms with Crippen molar-refractivity contribution in [2.75, 3.05) is 45.8 Å². The summed E-state index contributed by atoms with van der Waals surface area (Å²) >= 11 is 1.59. The molecule has 0 bridgehead atoms. The Labute approximate surface area is 231 Å². The molecule has 0 spiro atoms. The lowest BCUT2D eigenvalue weighted by molar-refractivity contribution is -1.01. The number of hydrogen-bond donors (Lipinski definition) is 2. The Bertz CT molecular complexity index is 1000. The number of unbranched alkanes of at least 4 members (excludes halogenated alkanes) is 1. The number of quaternary nitrogens is 1. The molecule has 1 aromatic rings. The number of nitrogens with one attached hydrogen (secondary N) is 2. The normalized spacial score (nSPS) is 30.1. The van der Waals surface area contributed by atoms with Gasteiger partial charge in [0.1, 0.15) is 12.1 Å². The summed E-state index contributed by atoms with van der Waals surface area (Å²) in [7, 11) is 2.17. The molecule has 5 atom stereocenters. The van der Waals surface area contributed by atoms with Crippen molar-refractivity contribution in [3.05, 3.63) is 23.8 Å². The number of urea groups is 1. The van der Waals surface area contributed by atoms with Crippen molar-refractivity contribution >= 4 is 23.7 Å². The van der Waals surface area contributed by atoms with Crippen molar-refractivity contribution in [1.29, 1.82) is 0 Å². The van der Waals surface area contributed by atoms with Gasteiger partial charge in [0, 0.05) is 38.4 Å². The second-order valence-electron chi connectivity index (χ2n) is 11.3. The molecule has 1 aromatic carbocycles. The number of amides is 3. The van der Waals surface area contributed by atoms with Gasteiger partial charge in [-0.15, -0.1) is 16.8 Å². The Morgan fingerprint density at radius 2 is 2.00 bits per heavy atom. The van der Waals surface area contributed by atoms with Crippen LogP contribution in [0.5, 0.6) is 11.5 Å². The number of carbonyl (C=O) groups is 2. The molecule has 210 valence electrons. The second kappa shape index (κ2) is 12.0. The first-order valence-corrected chi connectivity index (χ1v) is 15.4. The predicted octanol–water partition coefficient (Wildman–Crippen LogP) is 3.54. The molecule has 2 saturated heterocycles. The molecule has 3 amide bonds. The summed E-state index contributed by atoms with van der Waals surface area (Å²) in [4.78, 5) is 29.3. The maximum absolute atomic E-state index is 14.2. The number of fused-ring (bicyclic) bond motifs is 2. The fourth-order valence-electron chi connectivity index (χ4n) is 6.89. The van der Waals surface area contributed by atoms with Crippen LogP contribution in [0.25, 0.3) is 0 Å². The van der Waals surface area contributed by atoms with E-state index in [4.69, 9.17) is 9.47 Å². The Kier molecular flexibility index (Phi) is 8.72. The summed E-state index contributed by atoms with van der Waals surface area (Å²) in [5, 5.41) is 8.92. The second-order valence-corrected chi connectivity index (χ2v) is 12.4. The van der Waals surface area contributed by atoms with E-state index in [9.17, 15) is 9.59 Å². The summed E-state index contributed by atoms with van der Waals surface area (Å²) in [6.07, 6.45) is 6.67. The Morgan fingerprint density at radius 1 is 1.21 bits per heavy atom. The van der Waals surface area contributed by atoms with Crippen LogP contribution in [0, 0.1) is 5.92 Å². The Hall–Kier alpha value is -2.01. The SMILES string of the molecule is CCCCC(C)[N+]1(N2CCN(C)CC2)C(=O)NC(SCC(=O)NCc2ccc3c(c2)OCO3)C2CCCC21. The van der Waals surface area contributed by atoms with Crippen molar-refractivity contribution in [2.45, 2.75) is 76.4 Å². The molecule has 10 heteroatoms. The van der Waals surface area contributed by atoms with Crippen LogP contribution in [0.2, 0.25) is 0 Å². The maximum atomic E-state index is 14.2. The van der Waals surface area contributed by atoms with Crippen LogP contribution in [-0.4, -0.2) is 89.7 Å². The highest BCUT2D eigenvalue weighted by molar-refractivity contribution is 8.00. The average molecular weight is 547 g/mol. The minimum absolute atomic E-state index is 0.0156. The number of benzene rings is 1. The average Bonchev–Trinajstić information content (AvgIpc) is 3.60. The molecule has 0 aromatic heterocycles. The van der Waals surface area contributed by atoms with Crippen LogP contribution in [0.1, 0.15) is 57.9 Å². The third-order valence-corrected chi connectivity index (χ3v) is 10.2. The number of nitrogens with zero attached hydrogens (tertiary/aromatic N) is 3. The molecule has 3 fully saturated rings. The molecule has 2 N–H and O–H groups in total. The molecule has 5 rings (SSSR count). The summed E-state index contributed by atoms with van der Waals surface area (Å²) in [6, 6.07) is 6.41. The van der Waals surface area contributed by atoms with Gasteiger partial charge in [-0.3, -0.25) is 10.1 Å². The number of piperazine rings is 1. The van der Waals surface area contributed by atoms with Crippen molar-refractivity contribution in [1.82, 2.24) is 20.5 Å². The van der Waals surface area contributed by atoms with Crippen LogP contribution in [-0.2, 0) is 11.3 Å². The lowest BCUT2D eigenvalue weighted by Gasteiger charge is -2.56. The van der Waals surface area contributed by atoms with Crippen LogP contribution in [0.4, 0.5) is 4.79 Å². The molecule has 9 nitrogen and oxygen atoms in total. The maximum Gasteiger partial charge on any atom is 0.437 e. The van der Waals surface area contributed by atoms with Gasteiger partial charge >= 0.3 is 6.03 Å². The Balaban J connectivity index is 1.24. The van der Waals surface area contributed by atoms with Crippen molar-refractivity contribution < 1.29 is 23.7 Å². The van der Waals surface area contributed by atoms with Gasteiger partial charge in [0.15, 0.2) is 11.5 Å².